The summed E-state index contributed by atoms with van der Waals surface area (Å²) in [5, 5.41) is 20.0. The fourth-order valence-electron chi connectivity index (χ4n) is 2.86. The highest BCUT2D eigenvalue weighted by Gasteiger charge is 2.15. The molecular weight excluding hydrogens is 360 g/mol. The Morgan fingerprint density at radius 1 is 0.690 bits per heavy atom. The van der Waals surface area contributed by atoms with Gasteiger partial charge in [0.15, 0.2) is 6.17 Å². The molecule has 4 heteroatoms. The van der Waals surface area contributed by atoms with Gasteiger partial charge in [0.2, 0.25) is 0 Å². The van der Waals surface area contributed by atoms with Gasteiger partial charge in [-0.15, -0.1) is 0 Å². The van der Waals surface area contributed by atoms with Crippen LogP contribution in [0.2, 0.25) is 0 Å². The Labute approximate surface area is 171 Å². The number of aromatic hydroxyl groups is 2. The van der Waals surface area contributed by atoms with E-state index in [1.54, 1.807) is 48.8 Å². The van der Waals surface area contributed by atoms with Crippen molar-refractivity contribution in [2.24, 2.45) is 9.98 Å². The summed E-state index contributed by atoms with van der Waals surface area (Å²) in [6.45, 7) is 6.52. The molecule has 0 bridgehead atoms. The summed E-state index contributed by atoms with van der Waals surface area (Å²) >= 11 is 0. The third kappa shape index (κ3) is 5.32. The maximum atomic E-state index is 10.0. The molecule has 0 radical (unpaired) electrons. The molecule has 0 saturated carbocycles. The molecule has 3 aromatic rings. The Kier molecular flexibility index (Phi) is 6.13. The average Bonchev–Trinajstić information content (AvgIpc) is 2.70. The Hall–Kier alpha value is -3.40. The molecule has 0 atom stereocenters. The number of aliphatic imine (C=N–C) groups is 2. The normalized spacial score (nSPS) is 12.3. The lowest BCUT2D eigenvalue weighted by Crippen LogP contribution is -2.10. The Morgan fingerprint density at radius 2 is 1.14 bits per heavy atom. The molecule has 3 aromatic carbocycles. The standard InChI is InChI=1S/C25H26N2O2/c1-25(2,3)21-14-12-18(13-15-21)24(26-16-19-8-4-6-10-22(19)28)27-17-20-9-5-7-11-23(20)29/h4-17,24,28-29H,1-3H3/b26-16+,27-17+. The van der Waals surface area contributed by atoms with Crippen LogP contribution in [0.3, 0.4) is 0 Å². The van der Waals surface area contributed by atoms with Crippen LogP contribution in [0.4, 0.5) is 0 Å². The van der Waals surface area contributed by atoms with E-state index in [-0.39, 0.29) is 16.9 Å². The zero-order valence-corrected chi connectivity index (χ0v) is 16.9. The molecule has 0 aliphatic rings. The van der Waals surface area contributed by atoms with E-state index < -0.39 is 6.17 Å². The number of nitrogens with zero attached hydrogens (tertiary/aromatic N) is 2. The van der Waals surface area contributed by atoms with Crippen molar-refractivity contribution in [1.29, 1.82) is 0 Å². The predicted octanol–water partition coefficient (Wildman–Crippen LogP) is 5.63. The minimum absolute atomic E-state index is 0.0617. The van der Waals surface area contributed by atoms with Crippen molar-refractivity contribution in [2.75, 3.05) is 0 Å². The fourth-order valence-corrected chi connectivity index (χ4v) is 2.86. The quantitative estimate of drug-likeness (QED) is 0.558. The smallest absolute Gasteiger partial charge is 0.165 e. The van der Waals surface area contributed by atoms with E-state index in [2.05, 4.69) is 42.9 Å². The lowest BCUT2D eigenvalue weighted by Gasteiger charge is -2.19. The van der Waals surface area contributed by atoms with E-state index in [1.165, 1.54) is 5.56 Å². The van der Waals surface area contributed by atoms with Crippen molar-refractivity contribution in [2.45, 2.75) is 32.4 Å². The van der Waals surface area contributed by atoms with Gasteiger partial charge in [-0.25, -0.2) is 0 Å². The molecule has 3 rings (SSSR count). The van der Waals surface area contributed by atoms with Crippen molar-refractivity contribution in [1.82, 2.24) is 0 Å². The summed E-state index contributed by atoms with van der Waals surface area (Å²) in [4.78, 5) is 9.19. The van der Waals surface area contributed by atoms with Gasteiger partial charge in [0.05, 0.1) is 0 Å². The van der Waals surface area contributed by atoms with E-state index in [9.17, 15) is 10.2 Å². The Morgan fingerprint density at radius 3 is 1.55 bits per heavy atom. The first kappa shape index (κ1) is 20.3. The average molecular weight is 386 g/mol. The largest absolute Gasteiger partial charge is 0.507 e. The summed E-state index contributed by atoms with van der Waals surface area (Å²) in [5.41, 5.74) is 3.47. The predicted molar refractivity (Wildman–Crippen MR) is 119 cm³/mol. The SMILES string of the molecule is CC(C)(C)c1ccc(C(/N=C/c2ccccc2O)/N=C/c2ccccc2O)cc1. The molecule has 29 heavy (non-hydrogen) atoms. The van der Waals surface area contributed by atoms with E-state index in [0.717, 1.165) is 5.56 Å². The van der Waals surface area contributed by atoms with Crippen molar-refractivity contribution in [3.63, 3.8) is 0 Å². The maximum Gasteiger partial charge on any atom is 0.165 e. The van der Waals surface area contributed by atoms with Crippen LogP contribution in [0.1, 0.15) is 49.2 Å². The van der Waals surface area contributed by atoms with E-state index >= 15 is 0 Å². The third-order valence-corrected chi connectivity index (χ3v) is 4.66. The second kappa shape index (κ2) is 8.74. The third-order valence-electron chi connectivity index (χ3n) is 4.66. The maximum absolute atomic E-state index is 10.0. The zero-order chi connectivity index (χ0) is 20.9. The van der Waals surface area contributed by atoms with Gasteiger partial charge in [0.1, 0.15) is 11.5 Å². The van der Waals surface area contributed by atoms with Gasteiger partial charge in [-0.2, -0.15) is 0 Å². The second-order valence-electron chi connectivity index (χ2n) is 7.92. The molecular formula is C25H26N2O2. The number of benzene rings is 3. The first-order valence-corrected chi connectivity index (χ1v) is 9.57. The number of hydrogen-bond donors (Lipinski definition) is 2. The van der Waals surface area contributed by atoms with E-state index in [0.29, 0.717) is 11.1 Å². The van der Waals surface area contributed by atoms with Gasteiger partial charge < -0.3 is 10.2 Å². The molecule has 2 N–H and O–H groups in total. The lowest BCUT2D eigenvalue weighted by atomic mass is 9.86. The minimum Gasteiger partial charge on any atom is -0.507 e. The summed E-state index contributed by atoms with van der Waals surface area (Å²) < 4.78 is 0. The van der Waals surface area contributed by atoms with Crippen LogP contribution < -0.4 is 0 Å². The van der Waals surface area contributed by atoms with Gasteiger partial charge >= 0.3 is 0 Å². The highest BCUT2D eigenvalue weighted by molar-refractivity contribution is 5.85. The van der Waals surface area contributed by atoms with Crippen LogP contribution in [0.5, 0.6) is 11.5 Å². The molecule has 0 unspecified atom stereocenters. The van der Waals surface area contributed by atoms with Crippen LogP contribution in [-0.4, -0.2) is 22.6 Å². The summed E-state index contributed by atoms with van der Waals surface area (Å²) in [6, 6.07) is 22.3. The molecule has 0 saturated heterocycles. The number of para-hydroxylation sites is 2. The summed E-state index contributed by atoms with van der Waals surface area (Å²) in [7, 11) is 0. The van der Waals surface area contributed by atoms with Crippen LogP contribution in [0.15, 0.2) is 82.8 Å². The molecule has 0 amide bonds. The fraction of sp³-hybridized carbons (Fsp3) is 0.200. The minimum atomic E-state index is -0.497. The number of phenols is 2. The van der Waals surface area contributed by atoms with E-state index in [4.69, 9.17) is 0 Å². The van der Waals surface area contributed by atoms with E-state index in [1.807, 2.05) is 24.3 Å². The monoisotopic (exact) mass is 386 g/mol. The molecule has 148 valence electrons. The van der Waals surface area contributed by atoms with Crippen LogP contribution in [0.25, 0.3) is 0 Å². The van der Waals surface area contributed by atoms with Crippen molar-refractivity contribution in [3.05, 3.63) is 95.1 Å². The molecule has 0 aliphatic heterocycles. The summed E-state index contributed by atoms with van der Waals surface area (Å²) in [6.07, 6.45) is 2.75. The van der Waals surface area contributed by atoms with Crippen molar-refractivity contribution < 1.29 is 10.2 Å². The second-order valence-corrected chi connectivity index (χ2v) is 7.92. The highest BCUT2D eigenvalue weighted by atomic mass is 16.3. The summed E-state index contributed by atoms with van der Waals surface area (Å²) in [5.74, 6) is 0.338. The number of hydrogen-bond acceptors (Lipinski definition) is 4. The topological polar surface area (TPSA) is 65.2 Å². The number of phenolic OH excluding ortho intramolecular Hbond substituents is 2. The van der Waals surface area contributed by atoms with Gasteiger partial charge in [-0.3, -0.25) is 9.98 Å². The van der Waals surface area contributed by atoms with Gasteiger partial charge in [-0.05, 0) is 40.8 Å². The van der Waals surface area contributed by atoms with Gasteiger partial charge in [-0.1, -0.05) is 69.3 Å². The molecule has 0 aliphatic carbocycles. The molecule has 0 spiro atoms. The molecule has 4 nitrogen and oxygen atoms in total. The number of rotatable bonds is 5. The molecule has 0 heterocycles. The zero-order valence-electron chi connectivity index (χ0n) is 16.9. The highest BCUT2D eigenvalue weighted by Crippen LogP contribution is 2.26. The van der Waals surface area contributed by atoms with Crippen LogP contribution in [0, 0.1) is 0 Å². The van der Waals surface area contributed by atoms with Crippen LogP contribution >= 0.6 is 0 Å². The van der Waals surface area contributed by atoms with Crippen LogP contribution in [-0.2, 0) is 5.41 Å². The first-order chi connectivity index (χ1) is 13.8. The molecule has 0 fully saturated rings. The van der Waals surface area contributed by atoms with Gasteiger partial charge in [0.25, 0.3) is 0 Å². The first-order valence-electron chi connectivity index (χ1n) is 9.57. The van der Waals surface area contributed by atoms with Crippen molar-refractivity contribution in [3.8, 4) is 11.5 Å². The van der Waals surface area contributed by atoms with Gasteiger partial charge in [0, 0.05) is 23.6 Å². The Balaban J connectivity index is 1.95. The van der Waals surface area contributed by atoms with Crippen molar-refractivity contribution >= 4 is 12.4 Å². The Bertz CT molecular complexity index is 960. The molecule has 0 aromatic heterocycles. The lowest BCUT2D eigenvalue weighted by molar-refractivity contribution is 0.474.